The van der Waals surface area contributed by atoms with Crippen LogP contribution in [0.5, 0.6) is 5.75 Å². The van der Waals surface area contributed by atoms with Crippen LogP contribution in [0.25, 0.3) is 0 Å². The number of carbonyl (C=O) groups is 2. The van der Waals surface area contributed by atoms with E-state index in [1.807, 2.05) is 24.0 Å². The van der Waals surface area contributed by atoms with Crippen LogP contribution in [0.3, 0.4) is 0 Å². The summed E-state index contributed by atoms with van der Waals surface area (Å²) in [5.41, 5.74) is 1.58. The Morgan fingerprint density at radius 1 is 1.11 bits per heavy atom. The first-order valence-electron chi connectivity index (χ1n) is 8.78. The SMILES string of the molecule is COc1ccccc1NC(=O)c1cc(C)nc(N2CCN(C(C)=O)CC2)n1. The van der Waals surface area contributed by atoms with Crippen LogP contribution in [0.4, 0.5) is 11.6 Å². The molecule has 8 nitrogen and oxygen atoms in total. The van der Waals surface area contributed by atoms with E-state index in [2.05, 4.69) is 15.3 Å². The molecule has 0 saturated carbocycles. The molecule has 0 aliphatic carbocycles. The second-order valence-electron chi connectivity index (χ2n) is 6.34. The average molecular weight is 369 g/mol. The standard InChI is InChI=1S/C19H23N5O3/c1-13-12-16(18(26)21-15-6-4-5-7-17(15)27-3)22-19(20-13)24-10-8-23(9-11-24)14(2)25/h4-7,12H,8-11H2,1-3H3,(H,21,26). The van der Waals surface area contributed by atoms with Crippen LogP contribution in [-0.2, 0) is 4.79 Å². The number of nitrogens with zero attached hydrogens (tertiary/aromatic N) is 4. The lowest BCUT2D eigenvalue weighted by atomic mass is 10.2. The largest absolute Gasteiger partial charge is 0.495 e. The van der Waals surface area contributed by atoms with Gasteiger partial charge in [0.1, 0.15) is 11.4 Å². The summed E-state index contributed by atoms with van der Waals surface area (Å²) in [6, 6.07) is 8.86. The van der Waals surface area contributed by atoms with Crippen LogP contribution in [0.15, 0.2) is 30.3 Å². The van der Waals surface area contributed by atoms with E-state index in [1.54, 1.807) is 37.1 Å². The van der Waals surface area contributed by atoms with Crippen molar-refractivity contribution in [1.29, 1.82) is 0 Å². The molecule has 142 valence electrons. The number of benzene rings is 1. The molecule has 1 aliphatic heterocycles. The van der Waals surface area contributed by atoms with Gasteiger partial charge in [0.25, 0.3) is 5.91 Å². The quantitative estimate of drug-likeness (QED) is 0.883. The maximum absolute atomic E-state index is 12.7. The highest BCUT2D eigenvalue weighted by Gasteiger charge is 2.22. The van der Waals surface area contributed by atoms with Gasteiger partial charge in [-0.15, -0.1) is 0 Å². The van der Waals surface area contributed by atoms with Crippen molar-refractivity contribution in [2.24, 2.45) is 0 Å². The number of methoxy groups -OCH3 is 1. The van der Waals surface area contributed by atoms with Crippen molar-refractivity contribution in [3.63, 3.8) is 0 Å². The molecule has 8 heteroatoms. The van der Waals surface area contributed by atoms with E-state index >= 15 is 0 Å². The number of rotatable bonds is 4. The van der Waals surface area contributed by atoms with E-state index in [4.69, 9.17) is 4.74 Å². The zero-order chi connectivity index (χ0) is 19.4. The van der Waals surface area contributed by atoms with Gasteiger partial charge in [-0.2, -0.15) is 0 Å². The summed E-state index contributed by atoms with van der Waals surface area (Å²) in [5, 5.41) is 2.83. The van der Waals surface area contributed by atoms with Gasteiger partial charge in [-0.25, -0.2) is 9.97 Å². The summed E-state index contributed by atoms with van der Waals surface area (Å²) < 4.78 is 5.27. The summed E-state index contributed by atoms with van der Waals surface area (Å²) in [7, 11) is 1.55. The van der Waals surface area contributed by atoms with Crippen molar-refractivity contribution in [3.05, 3.63) is 41.7 Å². The lowest BCUT2D eigenvalue weighted by molar-refractivity contribution is -0.129. The predicted molar refractivity (Wildman–Crippen MR) is 102 cm³/mol. The minimum atomic E-state index is -0.325. The van der Waals surface area contributed by atoms with Crippen molar-refractivity contribution >= 4 is 23.5 Å². The van der Waals surface area contributed by atoms with E-state index in [0.29, 0.717) is 49.3 Å². The molecule has 2 heterocycles. The zero-order valence-electron chi connectivity index (χ0n) is 15.7. The monoisotopic (exact) mass is 369 g/mol. The Bertz CT molecular complexity index is 847. The minimum absolute atomic E-state index is 0.0664. The lowest BCUT2D eigenvalue weighted by Crippen LogP contribution is -2.48. The van der Waals surface area contributed by atoms with E-state index in [1.165, 1.54) is 0 Å². The maximum atomic E-state index is 12.7. The molecule has 1 N–H and O–H groups in total. The highest BCUT2D eigenvalue weighted by atomic mass is 16.5. The Kier molecular flexibility index (Phi) is 5.54. The smallest absolute Gasteiger partial charge is 0.274 e. The Labute approximate surface area is 158 Å². The molecular formula is C19H23N5O3. The van der Waals surface area contributed by atoms with Crippen molar-refractivity contribution < 1.29 is 14.3 Å². The molecular weight excluding hydrogens is 346 g/mol. The number of carbonyl (C=O) groups excluding carboxylic acids is 2. The molecule has 1 fully saturated rings. The van der Waals surface area contributed by atoms with Crippen molar-refractivity contribution in [3.8, 4) is 5.75 Å². The number of hydrogen-bond acceptors (Lipinski definition) is 6. The van der Waals surface area contributed by atoms with Crippen LogP contribution < -0.4 is 15.0 Å². The van der Waals surface area contributed by atoms with Gasteiger partial charge in [-0.05, 0) is 25.1 Å². The number of para-hydroxylation sites is 2. The fraction of sp³-hybridized carbons (Fsp3) is 0.368. The van der Waals surface area contributed by atoms with Gasteiger partial charge in [-0.3, -0.25) is 9.59 Å². The second kappa shape index (κ2) is 8.03. The van der Waals surface area contributed by atoms with Crippen molar-refractivity contribution in [2.75, 3.05) is 43.5 Å². The third-order valence-corrected chi connectivity index (χ3v) is 4.44. The van der Waals surface area contributed by atoms with E-state index in [-0.39, 0.29) is 17.5 Å². The number of aryl methyl sites for hydroxylation is 1. The Morgan fingerprint density at radius 2 is 1.81 bits per heavy atom. The molecule has 1 saturated heterocycles. The first-order chi connectivity index (χ1) is 13.0. The van der Waals surface area contributed by atoms with Crippen LogP contribution in [0.2, 0.25) is 0 Å². The zero-order valence-corrected chi connectivity index (χ0v) is 15.7. The molecule has 0 bridgehead atoms. The van der Waals surface area contributed by atoms with E-state index in [0.717, 1.165) is 0 Å². The minimum Gasteiger partial charge on any atom is -0.495 e. The number of hydrogen-bond donors (Lipinski definition) is 1. The Balaban J connectivity index is 1.77. The van der Waals surface area contributed by atoms with E-state index < -0.39 is 0 Å². The molecule has 0 radical (unpaired) electrons. The van der Waals surface area contributed by atoms with Crippen LogP contribution in [0.1, 0.15) is 23.1 Å². The normalized spacial score (nSPS) is 14.0. The number of nitrogens with one attached hydrogen (secondary N) is 1. The van der Waals surface area contributed by atoms with Crippen molar-refractivity contribution in [2.45, 2.75) is 13.8 Å². The number of amides is 2. The number of piperazine rings is 1. The molecule has 0 atom stereocenters. The van der Waals surface area contributed by atoms with Gasteiger partial charge < -0.3 is 19.9 Å². The highest BCUT2D eigenvalue weighted by molar-refractivity contribution is 6.03. The molecule has 27 heavy (non-hydrogen) atoms. The number of aromatic nitrogens is 2. The third kappa shape index (κ3) is 4.33. The van der Waals surface area contributed by atoms with Gasteiger partial charge in [-0.1, -0.05) is 12.1 Å². The highest BCUT2D eigenvalue weighted by Crippen LogP contribution is 2.24. The first kappa shape index (κ1) is 18.6. The molecule has 2 aromatic rings. The Hall–Kier alpha value is -3.16. The van der Waals surface area contributed by atoms with E-state index in [9.17, 15) is 9.59 Å². The molecule has 0 unspecified atom stereocenters. The fourth-order valence-corrected chi connectivity index (χ4v) is 2.97. The molecule has 1 aliphatic rings. The van der Waals surface area contributed by atoms with Crippen LogP contribution in [0, 0.1) is 6.92 Å². The van der Waals surface area contributed by atoms with Gasteiger partial charge in [0.05, 0.1) is 12.8 Å². The van der Waals surface area contributed by atoms with Crippen LogP contribution in [-0.4, -0.2) is 60.0 Å². The first-order valence-corrected chi connectivity index (χ1v) is 8.78. The maximum Gasteiger partial charge on any atom is 0.274 e. The summed E-state index contributed by atoms with van der Waals surface area (Å²) >= 11 is 0. The number of anilines is 2. The molecule has 1 aromatic carbocycles. The lowest BCUT2D eigenvalue weighted by Gasteiger charge is -2.34. The van der Waals surface area contributed by atoms with Crippen molar-refractivity contribution in [1.82, 2.24) is 14.9 Å². The van der Waals surface area contributed by atoms with Gasteiger partial charge in [0.15, 0.2) is 0 Å². The summed E-state index contributed by atoms with van der Waals surface area (Å²) in [5.74, 6) is 0.825. The summed E-state index contributed by atoms with van der Waals surface area (Å²) in [6.45, 7) is 5.91. The topological polar surface area (TPSA) is 87.7 Å². The molecule has 2 amide bonds. The van der Waals surface area contributed by atoms with Crippen LogP contribution >= 0.6 is 0 Å². The third-order valence-electron chi connectivity index (χ3n) is 4.44. The Morgan fingerprint density at radius 3 is 2.48 bits per heavy atom. The molecule has 0 spiro atoms. The average Bonchev–Trinajstić information content (AvgIpc) is 2.68. The van der Waals surface area contributed by atoms with Gasteiger partial charge in [0.2, 0.25) is 11.9 Å². The number of ether oxygens (including phenoxy) is 1. The fourth-order valence-electron chi connectivity index (χ4n) is 2.97. The van der Waals surface area contributed by atoms with Gasteiger partial charge >= 0.3 is 0 Å². The molecule has 1 aromatic heterocycles. The second-order valence-corrected chi connectivity index (χ2v) is 6.34. The van der Waals surface area contributed by atoms with Gasteiger partial charge in [0, 0.05) is 38.8 Å². The molecule has 3 rings (SSSR count). The summed E-state index contributed by atoms with van der Waals surface area (Å²) in [6.07, 6.45) is 0. The summed E-state index contributed by atoms with van der Waals surface area (Å²) in [4.78, 5) is 36.8. The predicted octanol–water partition coefficient (Wildman–Crippen LogP) is 1.71.